The summed E-state index contributed by atoms with van der Waals surface area (Å²) in [6.07, 6.45) is -0.468. The molecule has 1 aliphatic heterocycles. The van der Waals surface area contributed by atoms with E-state index < -0.39 is 17.9 Å². The van der Waals surface area contributed by atoms with Crippen LogP contribution in [-0.4, -0.2) is 41.6 Å². The summed E-state index contributed by atoms with van der Waals surface area (Å²) < 4.78 is 18.9. The third-order valence-electron chi connectivity index (χ3n) is 4.23. The first kappa shape index (κ1) is 18.4. The first-order valence-electron chi connectivity index (χ1n) is 8.06. The molecule has 0 bridgehead atoms. The number of aryl methyl sites for hydroxylation is 1. The first-order valence-corrected chi connectivity index (χ1v) is 8.44. The maximum atomic E-state index is 13.2. The van der Waals surface area contributed by atoms with Gasteiger partial charge < -0.3 is 14.7 Å². The zero-order valence-corrected chi connectivity index (χ0v) is 14.8. The molecule has 0 spiro atoms. The molecule has 136 valence electrons. The number of carboxylic acid groups (broad SMARTS) is 1. The quantitative estimate of drug-likeness (QED) is 0.885. The molecule has 1 aliphatic rings. The van der Waals surface area contributed by atoms with Gasteiger partial charge in [-0.1, -0.05) is 17.7 Å². The van der Waals surface area contributed by atoms with E-state index in [0.29, 0.717) is 29.8 Å². The molecule has 0 aliphatic carbocycles. The van der Waals surface area contributed by atoms with Crippen molar-refractivity contribution in [2.24, 2.45) is 0 Å². The van der Waals surface area contributed by atoms with Crippen LogP contribution in [0.2, 0.25) is 5.02 Å². The summed E-state index contributed by atoms with van der Waals surface area (Å²) in [5, 5.41) is 9.42. The number of ether oxygens (including phenoxy) is 1. The average molecular weight is 378 g/mol. The van der Waals surface area contributed by atoms with E-state index in [0.717, 1.165) is 0 Å². The van der Waals surface area contributed by atoms with Gasteiger partial charge >= 0.3 is 5.97 Å². The monoisotopic (exact) mass is 377 g/mol. The summed E-state index contributed by atoms with van der Waals surface area (Å²) in [4.78, 5) is 25.6. The Morgan fingerprint density at radius 2 is 1.96 bits per heavy atom. The Balaban J connectivity index is 1.83. The highest BCUT2D eigenvalue weighted by atomic mass is 35.5. The zero-order chi connectivity index (χ0) is 18.8. The Morgan fingerprint density at radius 3 is 2.65 bits per heavy atom. The van der Waals surface area contributed by atoms with Gasteiger partial charge in [0, 0.05) is 22.7 Å². The second-order valence-corrected chi connectivity index (χ2v) is 6.58. The van der Waals surface area contributed by atoms with Gasteiger partial charge in [-0.25, -0.2) is 9.18 Å². The number of carboxylic acids is 1. The van der Waals surface area contributed by atoms with Crippen LogP contribution in [0.3, 0.4) is 0 Å². The maximum absolute atomic E-state index is 13.2. The summed E-state index contributed by atoms with van der Waals surface area (Å²) in [5.74, 6) is -1.80. The molecule has 0 radical (unpaired) electrons. The number of rotatable bonds is 3. The van der Waals surface area contributed by atoms with Gasteiger partial charge in [-0.3, -0.25) is 4.79 Å². The van der Waals surface area contributed by atoms with Gasteiger partial charge in [-0.05, 0) is 42.8 Å². The van der Waals surface area contributed by atoms with Crippen LogP contribution < -0.4 is 0 Å². The van der Waals surface area contributed by atoms with Crippen LogP contribution in [-0.2, 0) is 4.74 Å². The second kappa shape index (κ2) is 7.43. The van der Waals surface area contributed by atoms with Crippen LogP contribution >= 0.6 is 11.6 Å². The average Bonchev–Trinajstić information content (AvgIpc) is 2.60. The van der Waals surface area contributed by atoms with Gasteiger partial charge in [0.15, 0.2) is 0 Å². The predicted molar refractivity (Wildman–Crippen MR) is 94.1 cm³/mol. The number of amides is 1. The lowest BCUT2D eigenvalue weighted by Crippen LogP contribution is -2.42. The molecule has 0 aromatic heterocycles. The normalized spacial score (nSPS) is 17.2. The van der Waals surface area contributed by atoms with Crippen LogP contribution in [0, 0.1) is 12.7 Å². The van der Waals surface area contributed by atoms with Crippen molar-refractivity contribution in [2.75, 3.05) is 19.7 Å². The highest BCUT2D eigenvalue weighted by molar-refractivity contribution is 6.31. The van der Waals surface area contributed by atoms with E-state index in [2.05, 4.69) is 0 Å². The third-order valence-corrected chi connectivity index (χ3v) is 4.56. The summed E-state index contributed by atoms with van der Waals surface area (Å²) in [7, 11) is 0. The van der Waals surface area contributed by atoms with Crippen molar-refractivity contribution in [3.8, 4) is 0 Å². The number of halogens is 2. The van der Waals surface area contributed by atoms with Crippen molar-refractivity contribution in [1.82, 2.24) is 4.90 Å². The molecule has 1 saturated heterocycles. The van der Waals surface area contributed by atoms with E-state index in [1.165, 1.54) is 24.3 Å². The van der Waals surface area contributed by atoms with E-state index >= 15 is 0 Å². The van der Waals surface area contributed by atoms with Crippen molar-refractivity contribution >= 4 is 23.5 Å². The van der Waals surface area contributed by atoms with E-state index in [9.17, 15) is 19.1 Å². The Hall–Kier alpha value is -2.44. The molecule has 2 aromatic carbocycles. The summed E-state index contributed by atoms with van der Waals surface area (Å²) in [6.45, 7) is 2.68. The molecule has 1 amide bonds. The molecule has 1 atom stereocenters. The van der Waals surface area contributed by atoms with Crippen LogP contribution in [0.4, 0.5) is 4.39 Å². The van der Waals surface area contributed by atoms with E-state index in [4.69, 9.17) is 16.3 Å². The fraction of sp³-hybridized carbons (Fsp3) is 0.263. The van der Waals surface area contributed by atoms with Gasteiger partial charge in [0.25, 0.3) is 5.91 Å². The van der Waals surface area contributed by atoms with E-state index in [-0.39, 0.29) is 23.0 Å². The van der Waals surface area contributed by atoms with Crippen molar-refractivity contribution in [3.05, 3.63) is 69.5 Å². The maximum Gasteiger partial charge on any atom is 0.335 e. The van der Waals surface area contributed by atoms with Crippen LogP contribution in [0.1, 0.15) is 37.9 Å². The standard InChI is InChI=1S/C19H17ClFNO4/c1-11-6-12(8-13(7-11)19(24)25)18(23)22-4-5-26-17(10-22)15-3-2-14(21)9-16(15)20/h2-3,6-9,17H,4-5,10H2,1H3,(H,24,25). The van der Waals surface area contributed by atoms with E-state index in [1.54, 1.807) is 24.0 Å². The largest absolute Gasteiger partial charge is 0.478 e. The summed E-state index contributed by atoms with van der Waals surface area (Å²) in [5.41, 5.74) is 1.69. The molecule has 1 fully saturated rings. The molecule has 7 heteroatoms. The summed E-state index contributed by atoms with van der Waals surface area (Å²) in [6, 6.07) is 8.59. The van der Waals surface area contributed by atoms with Crippen molar-refractivity contribution < 1.29 is 23.8 Å². The number of aromatic carboxylic acids is 1. The van der Waals surface area contributed by atoms with Gasteiger partial charge in [-0.15, -0.1) is 0 Å². The molecular formula is C19H17ClFNO4. The van der Waals surface area contributed by atoms with Crippen LogP contribution in [0.25, 0.3) is 0 Å². The number of carbonyl (C=O) groups is 2. The Morgan fingerprint density at radius 1 is 1.23 bits per heavy atom. The number of hydrogen-bond acceptors (Lipinski definition) is 3. The molecule has 1 unspecified atom stereocenters. The van der Waals surface area contributed by atoms with Crippen molar-refractivity contribution in [2.45, 2.75) is 13.0 Å². The first-order chi connectivity index (χ1) is 12.3. The molecule has 1 heterocycles. The highest BCUT2D eigenvalue weighted by Crippen LogP contribution is 2.29. The van der Waals surface area contributed by atoms with Crippen molar-refractivity contribution in [1.29, 1.82) is 0 Å². The lowest BCUT2D eigenvalue weighted by molar-refractivity contribution is -0.0228. The smallest absolute Gasteiger partial charge is 0.335 e. The van der Waals surface area contributed by atoms with E-state index in [1.807, 2.05) is 0 Å². The van der Waals surface area contributed by atoms with Crippen LogP contribution in [0.15, 0.2) is 36.4 Å². The number of nitrogens with zero attached hydrogens (tertiary/aromatic N) is 1. The zero-order valence-electron chi connectivity index (χ0n) is 14.0. The van der Waals surface area contributed by atoms with Gasteiger partial charge in [-0.2, -0.15) is 0 Å². The molecular weight excluding hydrogens is 361 g/mol. The van der Waals surface area contributed by atoms with Gasteiger partial charge in [0.05, 0.1) is 18.7 Å². The second-order valence-electron chi connectivity index (χ2n) is 6.17. The molecule has 1 N–H and O–H groups in total. The summed E-state index contributed by atoms with van der Waals surface area (Å²) >= 11 is 6.09. The minimum absolute atomic E-state index is 0.0692. The molecule has 2 aromatic rings. The van der Waals surface area contributed by atoms with Gasteiger partial charge in [0.1, 0.15) is 11.9 Å². The van der Waals surface area contributed by atoms with Crippen molar-refractivity contribution in [3.63, 3.8) is 0 Å². The molecule has 3 rings (SSSR count). The minimum atomic E-state index is -1.08. The minimum Gasteiger partial charge on any atom is -0.478 e. The number of morpholine rings is 1. The molecule has 0 saturated carbocycles. The number of hydrogen-bond donors (Lipinski definition) is 1. The number of carbonyl (C=O) groups excluding carboxylic acids is 1. The molecule has 5 nitrogen and oxygen atoms in total. The fourth-order valence-corrected chi connectivity index (χ4v) is 3.29. The fourth-order valence-electron chi connectivity index (χ4n) is 3.00. The predicted octanol–water partition coefficient (Wildman–Crippen LogP) is 3.70. The lowest BCUT2D eigenvalue weighted by atomic mass is 10.0. The Kier molecular flexibility index (Phi) is 5.25. The highest BCUT2D eigenvalue weighted by Gasteiger charge is 2.28. The topological polar surface area (TPSA) is 66.8 Å². The lowest BCUT2D eigenvalue weighted by Gasteiger charge is -2.33. The van der Waals surface area contributed by atoms with Crippen LogP contribution in [0.5, 0.6) is 0 Å². The molecule has 26 heavy (non-hydrogen) atoms. The van der Waals surface area contributed by atoms with Gasteiger partial charge in [0.2, 0.25) is 0 Å². The SMILES string of the molecule is Cc1cc(C(=O)O)cc(C(=O)N2CCOC(c3ccc(F)cc3Cl)C2)c1. The Labute approximate surface area is 154 Å². The Bertz CT molecular complexity index is 871. The number of benzene rings is 2. The third kappa shape index (κ3) is 3.86.